The zero-order chi connectivity index (χ0) is 24.6. The summed E-state index contributed by atoms with van der Waals surface area (Å²) >= 11 is 0. The van der Waals surface area contributed by atoms with Crippen LogP contribution in [-0.2, 0) is 11.6 Å². The van der Waals surface area contributed by atoms with Crippen LogP contribution in [0, 0.1) is 11.3 Å². The third-order valence-corrected chi connectivity index (χ3v) is 4.82. The summed E-state index contributed by atoms with van der Waals surface area (Å²) in [5, 5.41) is 14.1. The summed E-state index contributed by atoms with van der Waals surface area (Å²) in [5.41, 5.74) is -1.34. The quantitative estimate of drug-likeness (QED) is 0.492. The van der Waals surface area contributed by atoms with Gasteiger partial charge in [-0.1, -0.05) is 6.07 Å². The fraction of sp³-hybridized carbons (Fsp3) is 0.300. The number of rotatable bonds is 6. The summed E-state index contributed by atoms with van der Waals surface area (Å²) in [6, 6.07) is 8.31. The Balaban J connectivity index is 1.70. The van der Waals surface area contributed by atoms with Gasteiger partial charge in [0.15, 0.2) is 5.82 Å². The number of nitrogens with one attached hydrogen (secondary N) is 2. The molecule has 0 atom stereocenters. The molecule has 0 radical (unpaired) electrons. The summed E-state index contributed by atoms with van der Waals surface area (Å²) < 4.78 is 77.2. The average Bonchev–Trinajstić information content (AvgIpc) is 3.58. The number of pyridine rings is 2. The van der Waals surface area contributed by atoms with Gasteiger partial charge >= 0.3 is 12.4 Å². The summed E-state index contributed by atoms with van der Waals surface area (Å²) in [7, 11) is 0. The summed E-state index contributed by atoms with van der Waals surface area (Å²) in [6.07, 6.45) is -6.61. The van der Waals surface area contributed by atoms with Crippen LogP contribution in [0.15, 0.2) is 36.5 Å². The second-order valence-corrected chi connectivity index (χ2v) is 7.43. The van der Waals surface area contributed by atoms with Crippen LogP contribution in [0.2, 0.25) is 0 Å². The van der Waals surface area contributed by atoms with Crippen molar-refractivity contribution in [2.45, 2.75) is 30.6 Å². The maximum Gasteiger partial charge on any atom is 0.433 e. The molecule has 4 rings (SSSR count). The lowest BCUT2D eigenvalue weighted by Crippen LogP contribution is -2.23. The summed E-state index contributed by atoms with van der Waals surface area (Å²) in [4.78, 5) is 19.4. The Morgan fingerprint density at radius 3 is 2.35 bits per heavy atom. The molecule has 14 heteroatoms. The Morgan fingerprint density at radius 1 is 0.971 bits per heavy atom. The molecule has 1 fully saturated rings. The van der Waals surface area contributed by atoms with Crippen molar-refractivity contribution >= 4 is 17.6 Å². The van der Waals surface area contributed by atoms with E-state index in [-0.39, 0.29) is 17.5 Å². The second kappa shape index (κ2) is 8.40. The number of anilines is 3. The highest BCUT2D eigenvalue weighted by atomic mass is 19.4. The van der Waals surface area contributed by atoms with E-state index in [0.29, 0.717) is 24.2 Å². The first-order valence-electron chi connectivity index (χ1n) is 9.74. The molecular weight excluding hydrogens is 466 g/mol. The van der Waals surface area contributed by atoms with E-state index in [2.05, 4.69) is 36.3 Å². The predicted molar refractivity (Wildman–Crippen MR) is 107 cm³/mol. The van der Waals surface area contributed by atoms with Gasteiger partial charge in [0, 0.05) is 11.9 Å². The fourth-order valence-corrected chi connectivity index (χ4v) is 2.97. The molecule has 3 heterocycles. The van der Waals surface area contributed by atoms with Crippen LogP contribution in [0.25, 0.3) is 11.5 Å². The molecule has 0 aromatic carbocycles. The van der Waals surface area contributed by atoms with Crippen LogP contribution in [0.5, 0.6) is 0 Å². The maximum absolute atomic E-state index is 13.1. The summed E-state index contributed by atoms with van der Waals surface area (Å²) in [6.45, 7) is -1.48. The van der Waals surface area contributed by atoms with E-state index >= 15 is 0 Å². The lowest BCUT2D eigenvalue weighted by molar-refractivity contribution is -0.141. The van der Waals surface area contributed by atoms with Gasteiger partial charge in [0.2, 0.25) is 11.9 Å². The van der Waals surface area contributed by atoms with Gasteiger partial charge in [0.1, 0.15) is 17.9 Å². The van der Waals surface area contributed by atoms with Crippen LogP contribution in [0.3, 0.4) is 0 Å². The number of hydrogen-bond acceptors (Lipinski definition) is 8. The minimum atomic E-state index is -4.74. The molecule has 0 saturated heterocycles. The Labute approximate surface area is 188 Å². The number of nitrogens with zero attached hydrogens (tertiary/aromatic N) is 6. The van der Waals surface area contributed by atoms with Crippen molar-refractivity contribution in [3.8, 4) is 17.6 Å². The SMILES string of the molecule is N#CC1(c2cc(Nc3nc(NCC(F)(F)F)nc(-c4cccc(C(F)(F)F)n4)n3)ccn2)CC1. The van der Waals surface area contributed by atoms with Gasteiger partial charge in [-0.2, -0.15) is 46.6 Å². The first kappa shape index (κ1) is 23.1. The monoisotopic (exact) mass is 480 g/mol. The van der Waals surface area contributed by atoms with Gasteiger partial charge < -0.3 is 10.6 Å². The molecule has 0 bridgehead atoms. The molecule has 8 nitrogen and oxygen atoms in total. The van der Waals surface area contributed by atoms with Gasteiger partial charge in [-0.05, 0) is 37.1 Å². The van der Waals surface area contributed by atoms with Gasteiger partial charge in [-0.15, -0.1) is 0 Å². The second-order valence-electron chi connectivity index (χ2n) is 7.43. The largest absolute Gasteiger partial charge is 0.433 e. The van der Waals surface area contributed by atoms with Gasteiger partial charge in [0.25, 0.3) is 0 Å². The van der Waals surface area contributed by atoms with E-state index in [1.807, 2.05) is 5.32 Å². The molecule has 1 aliphatic carbocycles. The third-order valence-electron chi connectivity index (χ3n) is 4.82. The van der Waals surface area contributed by atoms with Crippen molar-refractivity contribution in [1.82, 2.24) is 24.9 Å². The number of aromatic nitrogens is 5. The van der Waals surface area contributed by atoms with Gasteiger partial charge in [-0.25, -0.2) is 4.98 Å². The predicted octanol–water partition coefficient (Wildman–Crippen LogP) is 4.62. The van der Waals surface area contributed by atoms with Crippen LogP contribution in [0.1, 0.15) is 24.2 Å². The van der Waals surface area contributed by atoms with Crippen LogP contribution < -0.4 is 10.6 Å². The first-order valence-corrected chi connectivity index (χ1v) is 9.74. The molecule has 0 amide bonds. The highest BCUT2D eigenvalue weighted by Gasteiger charge is 2.46. The van der Waals surface area contributed by atoms with Crippen molar-refractivity contribution in [1.29, 1.82) is 5.26 Å². The van der Waals surface area contributed by atoms with E-state index in [0.717, 1.165) is 12.1 Å². The van der Waals surface area contributed by atoms with Crippen LogP contribution in [-0.4, -0.2) is 37.6 Å². The zero-order valence-electron chi connectivity index (χ0n) is 17.0. The number of hydrogen-bond donors (Lipinski definition) is 2. The zero-order valence-corrected chi connectivity index (χ0v) is 17.0. The number of halogens is 6. The normalized spacial score (nSPS) is 14.9. The topological polar surface area (TPSA) is 112 Å². The summed E-state index contributed by atoms with van der Waals surface area (Å²) in [5.74, 6) is -1.14. The first-order chi connectivity index (χ1) is 16.0. The average molecular weight is 480 g/mol. The van der Waals surface area contributed by atoms with Gasteiger partial charge in [0.05, 0.1) is 17.2 Å². The van der Waals surface area contributed by atoms with Crippen LogP contribution >= 0.6 is 0 Å². The molecule has 34 heavy (non-hydrogen) atoms. The van der Waals surface area contributed by atoms with E-state index in [9.17, 15) is 31.6 Å². The smallest absolute Gasteiger partial charge is 0.345 e. The Bertz CT molecular complexity index is 1250. The van der Waals surface area contributed by atoms with Crippen LogP contribution in [0.4, 0.5) is 43.9 Å². The lowest BCUT2D eigenvalue weighted by Gasteiger charge is -2.13. The van der Waals surface area contributed by atoms with E-state index in [4.69, 9.17) is 0 Å². The van der Waals surface area contributed by atoms with Crippen molar-refractivity contribution in [2.75, 3.05) is 17.2 Å². The molecule has 3 aromatic heterocycles. The van der Waals surface area contributed by atoms with Crippen molar-refractivity contribution in [3.05, 3.63) is 47.9 Å². The Morgan fingerprint density at radius 2 is 1.71 bits per heavy atom. The minimum Gasteiger partial charge on any atom is -0.345 e. The number of alkyl halides is 6. The maximum atomic E-state index is 13.1. The van der Waals surface area contributed by atoms with E-state index in [1.54, 1.807) is 6.07 Å². The van der Waals surface area contributed by atoms with Gasteiger partial charge in [-0.3, -0.25) is 4.98 Å². The number of nitriles is 1. The highest BCUT2D eigenvalue weighted by molar-refractivity contribution is 5.59. The highest BCUT2D eigenvalue weighted by Crippen LogP contribution is 2.47. The van der Waals surface area contributed by atoms with Crippen molar-refractivity contribution < 1.29 is 26.3 Å². The molecule has 0 spiro atoms. The fourth-order valence-electron chi connectivity index (χ4n) is 2.97. The van der Waals surface area contributed by atoms with Crippen molar-refractivity contribution in [2.24, 2.45) is 0 Å². The minimum absolute atomic E-state index is 0.243. The molecule has 176 valence electrons. The molecule has 1 saturated carbocycles. The van der Waals surface area contributed by atoms with E-state index < -0.39 is 36.0 Å². The molecule has 3 aromatic rings. The third kappa shape index (κ3) is 5.30. The molecular formula is C20H14F6N8. The van der Waals surface area contributed by atoms with Crippen molar-refractivity contribution in [3.63, 3.8) is 0 Å². The Hall–Kier alpha value is -4.02. The molecule has 2 N–H and O–H groups in total. The molecule has 1 aliphatic rings. The lowest BCUT2D eigenvalue weighted by atomic mass is 10.0. The van der Waals surface area contributed by atoms with E-state index in [1.165, 1.54) is 18.3 Å². The molecule has 0 unspecified atom stereocenters. The molecule has 0 aliphatic heterocycles. The Kier molecular flexibility index (Phi) is 5.72. The standard InChI is InChI=1S/C20H14F6N8/c21-19(22,23)10-29-16-32-15(12-2-1-3-13(31-12)20(24,25)26)33-17(34-16)30-11-4-7-28-14(8-11)18(9-27)5-6-18/h1-4,7-8H,5-6,10H2,(H2,28,29,30,32,33,34).